The zero-order valence-corrected chi connectivity index (χ0v) is 16.9. The second kappa shape index (κ2) is 7.40. The smallest absolute Gasteiger partial charge is 0.120 e. The Labute approximate surface area is 154 Å². The molecule has 1 spiro atoms. The first-order chi connectivity index (χ1) is 11.8. The maximum absolute atomic E-state index is 6.54. The maximum Gasteiger partial charge on any atom is 0.120 e. The number of hydrogen-bond donors (Lipinski definition) is 1. The van der Waals surface area contributed by atoms with Crippen LogP contribution < -0.4 is 5.32 Å². The highest BCUT2D eigenvalue weighted by atomic mass is 16.5. The Morgan fingerprint density at radius 2 is 1.76 bits per heavy atom. The van der Waals surface area contributed by atoms with Gasteiger partial charge in [0, 0.05) is 5.54 Å². The largest absolute Gasteiger partial charge is 0.359 e. The molecule has 4 atom stereocenters. The summed E-state index contributed by atoms with van der Waals surface area (Å²) < 4.78 is 6.54. The van der Waals surface area contributed by atoms with E-state index in [1.807, 2.05) is 0 Å². The Morgan fingerprint density at radius 1 is 1.12 bits per heavy atom. The summed E-state index contributed by atoms with van der Waals surface area (Å²) in [5, 5.41) is 4.07. The van der Waals surface area contributed by atoms with E-state index in [2.05, 4.69) is 64.2 Å². The van der Waals surface area contributed by atoms with E-state index in [0.717, 1.165) is 24.9 Å². The van der Waals surface area contributed by atoms with Crippen molar-refractivity contribution in [3.8, 4) is 0 Å². The summed E-state index contributed by atoms with van der Waals surface area (Å²) in [6.45, 7) is 12.5. The molecule has 1 heterocycles. The van der Waals surface area contributed by atoms with Crippen molar-refractivity contribution < 1.29 is 4.74 Å². The van der Waals surface area contributed by atoms with Crippen LogP contribution in [0.4, 0.5) is 0 Å². The zero-order valence-electron chi connectivity index (χ0n) is 16.9. The van der Waals surface area contributed by atoms with Crippen molar-refractivity contribution in [2.75, 3.05) is 6.61 Å². The fourth-order valence-electron chi connectivity index (χ4n) is 5.38. The van der Waals surface area contributed by atoms with Crippen molar-refractivity contribution >= 4 is 0 Å². The average Bonchev–Trinajstić information content (AvgIpc) is 2.83. The lowest BCUT2D eigenvalue weighted by Crippen LogP contribution is -2.55. The van der Waals surface area contributed by atoms with Gasteiger partial charge in [-0.2, -0.15) is 0 Å². The molecule has 2 unspecified atom stereocenters. The molecule has 2 heteroatoms. The van der Waals surface area contributed by atoms with Gasteiger partial charge in [-0.05, 0) is 68.8 Å². The lowest BCUT2D eigenvalue weighted by atomic mass is 9.77. The average molecular weight is 344 g/mol. The van der Waals surface area contributed by atoms with Crippen molar-refractivity contribution in [1.29, 1.82) is 0 Å². The predicted octanol–water partition coefficient (Wildman–Crippen LogP) is 5.48. The molecule has 0 radical (unpaired) electrons. The molecule has 2 aliphatic rings. The lowest BCUT2D eigenvalue weighted by molar-refractivity contribution is -0.0660. The molecule has 0 bridgehead atoms. The van der Waals surface area contributed by atoms with Crippen LogP contribution in [0.3, 0.4) is 0 Å². The van der Waals surface area contributed by atoms with E-state index >= 15 is 0 Å². The third kappa shape index (κ3) is 4.65. The summed E-state index contributed by atoms with van der Waals surface area (Å²) in [6.07, 6.45) is 7.17. The fraction of sp³-hybridized carbons (Fsp3) is 0.739. The minimum Gasteiger partial charge on any atom is -0.359 e. The number of ether oxygens (including phenoxy) is 1. The molecule has 1 aliphatic heterocycles. The zero-order chi connectivity index (χ0) is 18.1. The topological polar surface area (TPSA) is 21.3 Å². The van der Waals surface area contributed by atoms with Crippen molar-refractivity contribution in [3.05, 3.63) is 35.4 Å². The van der Waals surface area contributed by atoms with E-state index in [0.29, 0.717) is 5.92 Å². The highest BCUT2D eigenvalue weighted by Gasteiger charge is 2.50. The summed E-state index contributed by atoms with van der Waals surface area (Å²) in [5.41, 5.74) is 2.85. The van der Waals surface area contributed by atoms with Gasteiger partial charge in [-0.15, -0.1) is 0 Å². The Bertz CT molecular complexity index is 554. The Balaban J connectivity index is 1.72. The fourth-order valence-corrected chi connectivity index (χ4v) is 5.38. The van der Waals surface area contributed by atoms with Gasteiger partial charge in [-0.25, -0.2) is 0 Å². The number of benzene rings is 1. The molecule has 1 aliphatic carbocycles. The van der Waals surface area contributed by atoms with Crippen LogP contribution in [0.1, 0.15) is 70.9 Å². The molecule has 1 aromatic carbocycles. The quantitative estimate of drug-likeness (QED) is 0.764. The van der Waals surface area contributed by atoms with Gasteiger partial charge in [-0.3, -0.25) is 5.32 Å². The summed E-state index contributed by atoms with van der Waals surface area (Å²) in [5.74, 6) is 2.19. The molecule has 1 N–H and O–H groups in total. The molecule has 2 fully saturated rings. The number of hydrogen-bond acceptors (Lipinski definition) is 2. The molecule has 0 aromatic heterocycles. The van der Waals surface area contributed by atoms with Gasteiger partial charge in [0.15, 0.2) is 0 Å². The van der Waals surface area contributed by atoms with Crippen LogP contribution in [0.2, 0.25) is 0 Å². The number of rotatable bonds is 5. The summed E-state index contributed by atoms with van der Waals surface area (Å²) in [6, 6.07) is 9.04. The van der Waals surface area contributed by atoms with E-state index in [-0.39, 0.29) is 11.3 Å². The molecular weight excluding hydrogens is 306 g/mol. The molecule has 1 aromatic rings. The van der Waals surface area contributed by atoms with Crippen molar-refractivity contribution in [1.82, 2.24) is 5.32 Å². The van der Waals surface area contributed by atoms with Crippen LogP contribution >= 0.6 is 0 Å². The van der Waals surface area contributed by atoms with Crippen LogP contribution in [0.5, 0.6) is 0 Å². The van der Waals surface area contributed by atoms with Gasteiger partial charge in [0.1, 0.15) is 5.72 Å². The summed E-state index contributed by atoms with van der Waals surface area (Å²) in [4.78, 5) is 0. The monoisotopic (exact) mass is 343 g/mol. The predicted molar refractivity (Wildman–Crippen MR) is 106 cm³/mol. The Kier molecular flexibility index (Phi) is 5.60. The standard InChI is InChI=1S/C23H37NO/c1-17(2)13-22(11-10-21-8-6-18(3)7-9-21)16-25-23(24-22)14-19(4)12-20(5)15-23/h6-9,17,19-20,24H,10-16H2,1-5H3/t19-,20+,22?,23?. The first-order valence-electron chi connectivity index (χ1n) is 10.3. The van der Waals surface area contributed by atoms with Gasteiger partial charge in [0.05, 0.1) is 6.61 Å². The molecule has 0 amide bonds. The third-order valence-corrected chi connectivity index (χ3v) is 6.09. The van der Waals surface area contributed by atoms with Gasteiger partial charge in [-0.1, -0.05) is 57.5 Å². The highest BCUT2D eigenvalue weighted by Crippen LogP contribution is 2.43. The van der Waals surface area contributed by atoms with Crippen molar-refractivity contribution in [3.63, 3.8) is 0 Å². The third-order valence-electron chi connectivity index (χ3n) is 6.09. The first kappa shape index (κ1) is 18.9. The second-order valence-electron chi connectivity index (χ2n) is 9.63. The van der Waals surface area contributed by atoms with Gasteiger partial charge in [0.25, 0.3) is 0 Å². The number of nitrogens with one attached hydrogen (secondary N) is 1. The summed E-state index contributed by atoms with van der Waals surface area (Å²) in [7, 11) is 0. The maximum atomic E-state index is 6.54. The van der Waals surface area contributed by atoms with Gasteiger partial charge in [0.2, 0.25) is 0 Å². The lowest BCUT2D eigenvalue weighted by Gasteiger charge is -2.42. The SMILES string of the molecule is Cc1ccc(CCC2(CC(C)C)COC3(C[C@H](C)C[C@H](C)C3)N2)cc1. The molecule has 140 valence electrons. The minimum absolute atomic E-state index is 0.0702. The normalized spacial score (nSPS) is 35.6. The number of aryl methyl sites for hydroxylation is 2. The second-order valence-corrected chi connectivity index (χ2v) is 9.63. The first-order valence-corrected chi connectivity index (χ1v) is 10.3. The van der Waals surface area contributed by atoms with Crippen LogP contribution in [0.15, 0.2) is 24.3 Å². The minimum atomic E-state index is -0.0702. The van der Waals surface area contributed by atoms with E-state index < -0.39 is 0 Å². The molecule has 25 heavy (non-hydrogen) atoms. The molecule has 2 nitrogen and oxygen atoms in total. The molecule has 1 saturated carbocycles. The van der Waals surface area contributed by atoms with Crippen molar-refractivity contribution in [2.45, 2.75) is 84.4 Å². The van der Waals surface area contributed by atoms with Crippen LogP contribution in [0, 0.1) is 24.7 Å². The van der Waals surface area contributed by atoms with Gasteiger partial charge < -0.3 is 4.74 Å². The Morgan fingerprint density at radius 3 is 2.36 bits per heavy atom. The highest BCUT2D eigenvalue weighted by molar-refractivity contribution is 5.22. The van der Waals surface area contributed by atoms with Crippen LogP contribution in [-0.4, -0.2) is 17.9 Å². The molecule has 1 saturated heterocycles. The van der Waals surface area contributed by atoms with Crippen LogP contribution in [-0.2, 0) is 11.2 Å². The molecular formula is C23H37NO. The van der Waals surface area contributed by atoms with Crippen molar-refractivity contribution in [2.24, 2.45) is 17.8 Å². The molecule has 3 rings (SSSR count). The van der Waals surface area contributed by atoms with E-state index in [1.165, 1.54) is 43.2 Å². The Hall–Kier alpha value is -0.860. The van der Waals surface area contributed by atoms with E-state index in [4.69, 9.17) is 4.74 Å². The summed E-state index contributed by atoms with van der Waals surface area (Å²) >= 11 is 0. The van der Waals surface area contributed by atoms with E-state index in [9.17, 15) is 0 Å². The van der Waals surface area contributed by atoms with Crippen LogP contribution in [0.25, 0.3) is 0 Å². The van der Waals surface area contributed by atoms with E-state index in [1.54, 1.807) is 0 Å². The van der Waals surface area contributed by atoms with Gasteiger partial charge >= 0.3 is 0 Å².